The van der Waals surface area contributed by atoms with Crippen molar-refractivity contribution in [2.24, 2.45) is 16.0 Å². The highest BCUT2D eigenvalue weighted by molar-refractivity contribution is 5.75. The fourth-order valence-corrected chi connectivity index (χ4v) is 1.90. The lowest BCUT2D eigenvalue weighted by molar-refractivity contribution is -0.166. The average Bonchev–Trinajstić information content (AvgIpc) is 3.20. The van der Waals surface area contributed by atoms with E-state index in [1.165, 1.54) is 24.3 Å². The minimum absolute atomic E-state index is 0.0524. The standard InChI is InChI=1S/C13H14F3N3O2/c1-2-21-11(20)10(17)7-8-3-5-9(6-4-8)12(18-19-12)13(14,15)16/h3-6,10H,2,7,17H2,1H3. The van der Waals surface area contributed by atoms with Gasteiger partial charge in [-0.15, -0.1) is 10.2 Å². The Morgan fingerprint density at radius 2 is 1.90 bits per heavy atom. The second kappa shape index (κ2) is 5.44. The van der Waals surface area contributed by atoms with Gasteiger partial charge in [0.2, 0.25) is 0 Å². The van der Waals surface area contributed by atoms with Gasteiger partial charge in [0, 0.05) is 5.56 Å². The summed E-state index contributed by atoms with van der Waals surface area (Å²) < 4.78 is 43.2. The number of hydrogen-bond donors (Lipinski definition) is 1. The van der Waals surface area contributed by atoms with E-state index in [1.807, 2.05) is 0 Å². The molecule has 1 aliphatic heterocycles. The zero-order chi connectivity index (χ0) is 15.7. The first-order valence-electron chi connectivity index (χ1n) is 6.32. The molecule has 0 saturated heterocycles. The van der Waals surface area contributed by atoms with Gasteiger partial charge in [-0.25, -0.2) is 0 Å². The maximum absolute atomic E-state index is 12.8. The summed E-state index contributed by atoms with van der Waals surface area (Å²) in [5.74, 6) is -0.541. The van der Waals surface area contributed by atoms with Crippen LogP contribution in [0.1, 0.15) is 18.1 Å². The molecule has 1 atom stereocenters. The van der Waals surface area contributed by atoms with Crippen LogP contribution in [0.15, 0.2) is 34.5 Å². The Labute approximate surface area is 119 Å². The summed E-state index contributed by atoms with van der Waals surface area (Å²) in [4.78, 5) is 11.4. The van der Waals surface area contributed by atoms with Crippen LogP contribution in [0.3, 0.4) is 0 Å². The summed E-state index contributed by atoms with van der Waals surface area (Å²) in [5.41, 5.74) is 3.81. The molecule has 0 radical (unpaired) electrons. The number of rotatable bonds is 5. The molecule has 21 heavy (non-hydrogen) atoms. The van der Waals surface area contributed by atoms with Crippen molar-refractivity contribution in [3.05, 3.63) is 35.4 Å². The van der Waals surface area contributed by atoms with Crippen LogP contribution in [0.2, 0.25) is 0 Å². The third-order valence-corrected chi connectivity index (χ3v) is 3.10. The monoisotopic (exact) mass is 301 g/mol. The van der Waals surface area contributed by atoms with Crippen LogP contribution in [-0.4, -0.2) is 24.8 Å². The molecular formula is C13H14F3N3O2. The second-order valence-corrected chi connectivity index (χ2v) is 4.63. The van der Waals surface area contributed by atoms with Crippen molar-refractivity contribution in [3.63, 3.8) is 0 Å². The SMILES string of the molecule is CCOC(=O)C(N)Cc1ccc(C2(C(F)(F)F)N=N2)cc1. The van der Waals surface area contributed by atoms with Crippen molar-refractivity contribution in [1.29, 1.82) is 0 Å². The minimum atomic E-state index is -4.55. The molecule has 1 aromatic carbocycles. The van der Waals surface area contributed by atoms with Gasteiger partial charge in [0.05, 0.1) is 6.61 Å². The molecule has 5 nitrogen and oxygen atoms in total. The third kappa shape index (κ3) is 3.05. The highest BCUT2D eigenvalue weighted by atomic mass is 19.4. The summed E-state index contributed by atoms with van der Waals surface area (Å²) in [6, 6.07) is 4.69. The number of carbonyl (C=O) groups is 1. The lowest BCUT2D eigenvalue weighted by atomic mass is 9.99. The normalized spacial score (nSPS) is 17.4. The van der Waals surface area contributed by atoms with E-state index in [-0.39, 0.29) is 18.6 Å². The quantitative estimate of drug-likeness (QED) is 0.848. The van der Waals surface area contributed by atoms with E-state index in [1.54, 1.807) is 6.92 Å². The first-order chi connectivity index (χ1) is 9.80. The van der Waals surface area contributed by atoms with Gasteiger partial charge in [-0.05, 0) is 18.9 Å². The average molecular weight is 301 g/mol. The van der Waals surface area contributed by atoms with Crippen molar-refractivity contribution in [1.82, 2.24) is 0 Å². The Morgan fingerprint density at radius 1 is 1.33 bits per heavy atom. The number of esters is 1. The number of nitrogens with zero attached hydrogens (tertiary/aromatic N) is 2. The molecule has 1 heterocycles. The second-order valence-electron chi connectivity index (χ2n) is 4.63. The van der Waals surface area contributed by atoms with Crippen LogP contribution >= 0.6 is 0 Å². The third-order valence-electron chi connectivity index (χ3n) is 3.10. The zero-order valence-corrected chi connectivity index (χ0v) is 11.2. The molecule has 0 saturated carbocycles. The molecule has 0 aromatic heterocycles. The van der Waals surface area contributed by atoms with E-state index in [9.17, 15) is 18.0 Å². The van der Waals surface area contributed by atoms with Crippen LogP contribution in [0.5, 0.6) is 0 Å². The Morgan fingerprint density at radius 3 is 2.33 bits per heavy atom. The van der Waals surface area contributed by atoms with E-state index in [0.717, 1.165) is 0 Å². The molecular weight excluding hydrogens is 287 g/mol. The van der Waals surface area contributed by atoms with Crippen LogP contribution in [-0.2, 0) is 21.6 Å². The van der Waals surface area contributed by atoms with Gasteiger partial charge in [0.1, 0.15) is 6.04 Å². The zero-order valence-electron chi connectivity index (χ0n) is 11.2. The molecule has 114 valence electrons. The largest absolute Gasteiger partial charge is 0.465 e. The van der Waals surface area contributed by atoms with E-state index < -0.39 is 23.9 Å². The Bertz CT molecular complexity index is 549. The molecule has 8 heteroatoms. The van der Waals surface area contributed by atoms with Gasteiger partial charge in [0.25, 0.3) is 0 Å². The lowest BCUT2D eigenvalue weighted by Crippen LogP contribution is -2.34. The number of carbonyl (C=O) groups excluding carboxylic acids is 1. The van der Waals surface area contributed by atoms with Crippen molar-refractivity contribution < 1.29 is 22.7 Å². The lowest BCUT2D eigenvalue weighted by Gasteiger charge is -2.15. The fraction of sp³-hybridized carbons (Fsp3) is 0.462. The van der Waals surface area contributed by atoms with Gasteiger partial charge in [-0.2, -0.15) is 13.2 Å². The summed E-state index contributed by atoms with van der Waals surface area (Å²) in [7, 11) is 0. The molecule has 0 fully saturated rings. The van der Waals surface area contributed by atoms with Gasteiger partial charge in [-0.3, -0.25) is 4.79 Å². The maximum Gasteiger partial charge on any atom is 0.442 e. The Balaban J connectivity index is 2.05. The van der Waals surface area contributed by atoms with E-state index in [0.29, 0.717) is 5.56 Å². The van der Waals surface area contributed by atoms with Crippen molar-refractivity contribution in [2.75, 3.05) is 6.61 Å². The molecule has 2 rings (SSSR count). The minimum Gasteiger partial charge on any atom is -0.465 e. The smallest absolute Gasteiger partial charge is 0.442 e. The highest BCUT2D eigenvalue weighted by Gasteiger charge is 2.65. The van der Waals surface area contributed by atoms with E-state index >= 15 is 0 Å². The first kappa shape index (κ1) is 15.4. The number of halogens is 3. The Hall–Kier alpha value is -1.96. The van der Waals surface area contributed by atoms with Crippen LogP contribution in [0, 0.1) is 0 Å². The molecule has 0 spiro atoms. The fourth-order valence-electron chi connectivity index (χ4n) is 1.90. The number of benzene rings is 1. The van der Waals surface area contributed by atoms with Crippen LogP contribution in [0.4, 0.5) is 13.2 Å². The molecule has 0 aliphatic carbocycles. The van der Waals surface area contributed by atoms with Crippen LogP contribution in [0.25, 0.3) is 0 Å². The molecule has 2 N–H and O–H groups in total. The Kier molecular flexibility index (Phi) is 3.99. The molecule has 1 aliphatic rings. The summed E-state index contributed by atoms with van der Waals surface area (Å²) in [6.07, 6.45) is -4.36. The van der Waals surface area contributed by atoms with Gasteiger partial charge in [0.15, 0.2) is 0 Å². The maximum atomic E-state index is 12.8. The summed E-state index contributed by atoms with van der Waals surface area (Å²) in [6.45, 7) is 1.89. The van der Waals surface area contributed by atoms with Gasteiger partial charge < -0.3 is 10.5 Å². The molecule has 0 bridgehead atoms. The molecule has 0 amide bonds. The van der Waals surface area contributed by atoms with Crippen molar-refractivity contribution in [2.45, 2.75) is 31.2 Å². The van der Waals surface area contributed by atoms with E-state index in [4.69, 9.17) is 10.5 Å². The van der Waals surface area contributed by atoms with Crippen molar-refractivity contribution >= 4 is 5.97 Å². The highest BCUT2D eigenvalue weighted by Crippen LogP contribution is 2.52. The first-order valence-corrected chi connectivity index (χ1v) is 6.32. The topological polar surface area (TPSA) is 77.0 Å². The number of ether oxygens (including phenoxy) is 1. The summed E-state index contributed by atoms with van der Waals surface area (Å²) in [5, 5.41) is 6.24. The van der Waals surface area contributed by atoms with Gasteiger partial charge >= 0.3 is 17.8 Å². The predicted molar refractivity (Wildman–Crippen MR) is 67.3 cm³/mol. The molecule has 1 unspecified atom stereocenters. The predicted octanol–water partition coefficient (Wildman–Crippen LogP) is 2.30. The van der Waals surface area contributed by atoms with Crippen molar-refractivity contribution in [3.8, 4) is 0 Å². The molecule has 1 aromatic rings. The van der Waals surface area contributed by atoms with Crippen LogP contribution < -0.4 is 5.73 Å². The van der Waals surface area contributed by atoms with Gasteiger partial charge in [-0.1, -0.05) is 24.3 Å². The summed E-state index contributed by atoms with van der Waals surface area (Å²) >= 11 is 0. The van der Waals surface area contributed by atoms with E-state index in [2.05, 4.69) is 10.2 Å². The number of alkyl halides is 3. The number of hydrogen-bond acceptors (Lipinski definition) is 5. The number of nitrogens with two attached hydrogens (primary N) is 1.